The van der Waals surface area contributed by atoms with Gasteiger partial charge in [-0.15, -0.1) is 0 Å². The van der Waals surface area contributed by atoms with Crippen LogP contribution in [0.4, 0.5) is 0 Å². The number of aromatic nitrogens is 3. The second-order valence-corrected chi connectivity index (χ2v) is 10.7. The molecule has 0 saturated carbocycles. The lowest BCUT2D eigenvalue weighted by Gasteiger charge is -2.24. The number of nitrogens with one attached hydrogen (secondary N) is 1. The number of hydrogen-bond acceptors (Lipinski definition) is 7. The topological polar surface area (TPSA) is 126 Å². The molecule has 2 aromatic carbocycles. The van der Waals surface area contributed by atoms with Gasteiger partial charge in [-0.2, -0.15) is 10.2 Å². The number of hydrogen-bond donors (Lipinski definition) is 2. The number of ether oxygens (including phenoxy) is 1. The molecular formula is C28H30ClN5O4. The van der Waals surface area contributed by atoms with Crippen LogP contribution in [0.1, 0.15) is 51.7 Å². The van der Waals surface area contributed by atoms with Gasteiger partial charge < -0.3 is 19.7 Å². The molecule has 2 aromatic heterocycles. The van der Waals surface area contributed by atoms with Gasteiger partial charge in [-0.3, -0.25) is 9.36 Å². The maximum atomic E-state index is 10.9. The summed E-state index contributed by atoms with van der Waals surface area (Å²) in [4.78, 5) is 15.4. The second kappa shape index (κ2) is 11.3. The first-order valence-corrected chi connectivity index (χ1v) is 12.7. The van der Waals surface area contributed by atoms with Crippen LogP contribution in [0.25, 0.3) is 28.3 Å². The van der Waals surface area contributed by atoms with E-state index in [2.05, 4.69) is 35.4 Å². The summed E-state index contributed by atoms with van der Waals surface area (Å²) >= 11 is 6.57. The van der Waals surface area contributed by atoms with E-state index in [0.717, 1.165) is 16.5 Å². The van der Waals surface area contributed by atoms with Gasteiger partial charge in [0.15, 0.2) is 0 Å². The Hall–Kier alpha value is -3.87. The zero-order chi connectivity index (χ0) is 27.4. The van der Waals surface area contributed by atoms with Crippen molar-refractivity contribution >= 4 is 28.5 Å². The normalized spacial score (nSPS) is 11.7. The Balaban J connectivity index is 1.51. The number of carboxylic acid groups (broad SMARTS) is 1. The van der Waals surface area contributed by atoms with Crippen LogP contribution in [0, 0.1) is 16.7 Å². The summed E-state index contributed by atoms with van der Waals surface area (Å²) in [6, 6.07) is 13.3. The molecule has 2 N–H and O–H groups in total. The van der Waals surface area contributed by atoms with E-state index < -0.39 is 5.97 Å². The van der Waals surface area contributed by atoms with E-state index in [1.165, 1.54) is 0 Å². The van der Waals surface area contributed by atoms with Crippen molar-refractivity contribution in [2.45, 2.75) is 53.2 Å². The van der Waals surface area contributed by atoms with Crippen LogP contribution in [0.2, 0.25) is 5.02 Å². The van der Waals surface area contributed by atoms with Gasteiger partial charge in [-0.1, -0.05) is 31.5 Å². The first kappa shape index (κ1) is 27.2. The third-order valence-electron chi connectivity index (χ3n) is 6.11. The third kappa shape index (κ3) is 6.33. The van der Waals surface area contributed by atoms with Gasteiger partial charge in [0, 0.05) is 36.7 Å². The fraction of sp³-hybridized carbons (Fsp3) is 0.357. The lowest BCUT2D eigenvalue weighted by atomic mass is 9.87. The largest absolute Gasteiger partial charge is 0.490 e. The van der Waals surface area contributed by atoms with Crippen LogP contribution in [-0.4, -0.2) is 38.4 Å². The summed E-state index contributed by atoms with van der Waals surface area (Å²) in [5.41, 5.74) is 2.74. The zero-order valence-electron chi connectivity index (χ0n) is 21.8. The van der Waals surface area contributed by atoms with Crippen molar-refractivity contribution in [1.29, 1.82) is 5.26 Å². The molecule has 4 aromatic rings. The minimum atomic E-state index is -0.780. The first-order valence-electron chi connectivity index (χ1n) is 12.3. The van der Waals surface area contributed by atoms with Gasteiger partial charge >= 0.3 is 5.97 Å². The molecule has 0 bridgehead atoms. The van der Waals surface area contributed by atoms with Gasteiger partial charge in [0.2, 0.25) is 0 Å². The monoisotopic (exact) mass is 535 g/mol. The highest BCUT2D eigenvalue weighted by molar-refractivity contribution is 6.35. The maximum absolute atomic E-state index is 10.9. The van der Waals surface area contributed by atoms with Crippen molar-refractivity contribution < 1.29 is 19.2 Å². The van der Waals surface area contributed by atoms with Crippen molar-refractivity contribution in [3.63, 3.8) is 0 Å². The predicted octanol–water partition coefficient (Wildman–Crippen LogP) is 5.97. The molecule has 0 atom stereocenters. The Morgan fingerprint density at radius 1 is 1.29 bits per heavy atom. The van der Waals surface area contributed by atoms with Crippen LogP contribution in [0.3, 0.4) is 0 Å². The number of carboxylic acids is 1. The Morgan fingerprint density at radius 3 is 2.79 bits per heavy atom. The number of rotatable bonds is 11. The molecule has 4 rings (SSSR count). The number of aliphatic carboxylic acids is 1. The van der Waals surface area contributed by atoms with E-state index in [1.807, 2.05) is 32.0 Å². The van der Waals surface area contributed by atoms with Crippen LogP contribution < -0.4 is 10.1 Å². The predicted molar refractivity (Wildman–Crippen MR) is 144 cm³/mol. The Bertz CT molecular complexity index is 1500. The number of benzene rings is 2. The van der Waals surface area contributed by atoms with E-state index in [4.69, 9.17) is 26.0 Å². The van der Waals surface area contributed by atoms with Gasteiger partial charge in [0.25, 0.3) is 11.8 Å². The number of carbonyl (C=O) groups is 1. The molecule has 9 nitrogen and oxygen atoms in total. The molecule has 0 radical (unpaired) electrons. The average molecular weight is 536 g/mol. The number of nitrogens with zero attached hydrogens (tertiary/aromatic N) is 4. The van der Waals surface area contributed by atoms with E-state index in [9.17, 15) is 10.1 Å². The summed E-state index contributed by atoms with van der Waals surface area (Å²) in [5.74, 6) is 0.321. The van der Waals surface area contributed by atoms with Crippen molar-refractivity contribution in [2.24, 2.45) is 5.41 Å². The second-order valence-electron chi connectivity index (χ2n) is 10.2. The van der Waals surface area contributed by atoms with Crippen molar-refractivity contribution in [2.75, 3.05) is 6.54 Å². The Kier molecular flexibility index (Phi) is 8.05. The molecule has 0 aliphatic heterocycles. The van der Waals surface area contributed by atoms with Crippen LogP contribution in [-0.2, 0) is 11.3 Å². The molecule has 0 saturated heterocycles. The highest BCUT2D eigenvalue weighted by Gasteiger charge is 2.20. The molecular weight excluding hydrogens is 506 g/mol. The highest BCUT2D eigenvalue weighted by Crippen LogP contribution is 2.31. The third-order valence-corrected chi connectivity index (χ3v) is 6.41. The summed E-state index contributed by atoms with van der Waals surface area (Å²) in [6.07, 6.45) is 2.44. The SMILES string of the molecule is CC(C)Oc1ccc(-c2nc(-n3cc(Cl)c4cc(CNCC(C)(C)CCC(=O)O)ccc43)no2)cc1C#N. The quantitative estimate of drug-likeness (QED) is 0.240. The van der Waals surface area contributed by atoms with Crippen LogP contribution in [0.5, 0.6) is 5.75 Å². The number of nitriles is 1. The highest BCUT2D eigenvalue weighted by atomic mass is 35.5. The number of halogens is 1. The van der Waals surface area contributed by atoms with Crippen molar-refractivity contribution in [1.82, 2.24) is 20.0 Å². The Labute approximate surface area is 226 Å². The van der Waals surface area contributed by atoms with E-state index in [-0.39, 0.29) is 23.8 Å². The molecule has 0 fully saturated rings. The molecule has 2 heterocycles. The summed E-state index contributed by atoms with van der Waals surface area (Å²) in [7, 11) is 0. The molecule has 0 aliphatic rings. The van der Waals surface area contributed by atoms with Gasteiger partial charge in [-0.25, -0.2) is 0 Å². The molecule has 0 spiro atoms. The molecule has 0 amide bonds. The molecule has 0 unspecified atom stereocenters. The van der Waals surface area contributed by atoms with Gasteiger partial charge in [-0.05, 0) is 66.7 Å². The van der Waals surface area contributed by atoms with Gasteiger partial charge in [0.1, 0.15) is 11.8 Å². The van der Waals surface area contributed by atoms with Crippen LogP contribution in [0.15, 0.2) is 47.1 Å². The Morgan fingerprint density at radius 2 is 2.08 bits per heavy atom. The lowest BCUT2D eigenvalue weighted by molar-refractivity contribution is -0.137. The van der Waals surface area contributed by atoms with Crippen molar-refractivity contribution in [3.8, 4) is 29.2 Å². The number of fused-ring (bicyclic) bond motifs is 1. The van der Waals surface area contributed by atoms with Gasteiger partial charge in [0.05, 0.1) is 22.2 Å². The summed E-state index contributed by atoms with van der Waals surface area (Å²) in [5, 5.41) is 27.4. The van der Waals surface area contributed by atoms with E-state index in [0.29, 0.717) is 47.4 Å². The first-order chi connectivity index (χ1) is 18.1. The molecule has 38 heavy (non-hydrogen) atoms. The summed E-state index contributed by atoms with van der Waals surface area (Å²) in [6.45, 7) is 9.22. The maximum Gasteiger partial charge on any atom is 0.303 e. The fourth-order valence-electron chi connectivity index (χ4n) is 4.13. The van der Waals surface area contributed by atoms with Crippen LogP contribution >= 0.6 is 11.6 Å². The molecule has 198 valence electrons. The fourth-order valence-corrected chi connectivity index (χ4v) is 4.38. The van der Waals surface area contributed by atoms with E-state index in [1.54, 1.807) is 29.0 Å². The zero-order valence-corrected chi connectivity index (χ0v) is 22.5. The minimum absolute atomic E-state index is 0.0540. The molecule has 0 aliphatic carbocycles. The molecule has 10 heteroatoms. The summed E-state index contributed by atoms with van der Waals surface area (Å²) < 4.78 is 13.0. The van der Waals surface area contributed by atoms with E-state index >= 15 is 0 Å². The van der Waals surface area contributed by atoms with Crippen molar-refractivity contribution in [3.05, 3.63) is 58.7 Å². The smallest absolute Gasteiger partial charge is 0.303 e. The lowest BCUT2D eigenvalue weighted by Crippen LogP contribution is -2.29. The standard InChI is InChI=1S/C28H30ClN5O4/c1-17(2)37-24-8-6-19(12-20(24)13-30)26-32-27(33-38-26)34-15-22(29)21-11-18(5-7-23(21)34)14-31-16-28(3,4)10-9-25(35)36/h5-8,11-12,15,17,31H,9-10,14,16H2,1-4H3,(H,35,36). The average Bonchev–Trinajstić information content (AvgIpc) is 3.48. The minimum Gasteiger partial charge on any atom is -0.490 e.